The van der Waals surface area contributed by atoms with Gasteiger partial charge in [0.25, 0.3) is 0 Å². The van der Waals surface area contributed by atoms with E-state index >= 15 is 0 Å². The summed E-state index contributed by atoms with van der Waals surface area (Å²) in [6.45, 7) is 0. The van der Waals surface area contributed by atoms with Crippen molar-refractivity contribution in [3.8, 4) is 5.75 Å². The Balaban J connectivity index is 2.19. The molecular weight excluding hydrogens is 208 g/mol. The van der Waals surface area contributed by atoms with E-state index in [1.165, 1.54) is 37.7 Å². The molecule has 15 heavy (non-hydrogen) atoms. The van der Waals surface area contributed by atoms with Crippen molar-refractivity contribution in [1.29, 1.82) is 0 Å². The van der Waals surface area contributed by atoms with Gasteiger partial charge >= 0.3 is 0 Å². The Hall–Kier alpha value is -0.690. The second-order valence-electron chi connectivity index (χ2n) is 4.22. The molecule has 0 amide bonds. The van der Waals surface area contributed by atoms with Gasteiger partial charge in [0.15, 0.2) is 0 Å². The smallest absolute Gasteiger partial charge is 0.120 e. The van der Waals surface area contributed by atoms with Gasteiger partial charge in [0.05, 0.1) is 7.11 Å². The van der Waals surface area contributed by atoms with Gasteiger partial charge in [-0.25, -0.2) is 0 Å². The van der Waals surface area contributed by atoms with E-state index in [4.69, 9.17) is 16.3 Å². The van der Waals surface area contributed by atoms with E-state index in [0.717, 1.165) is 10.8 Å². The Labute approximate surface area is 96.4 Å². The van der Waals surface area contributed by atoms with Crippen LogP contribution in [0, 0.1) is 0 Å². The Kier molecular flexibility index (Phi) is 3.53. The summed E-state index contributed by atoms with van der Waals surface area (Å²) in [7, 11) is 1.67. The van der Waals surface area contributed by atoms with Crippen LogP contribution >= 0.6 is 11.6 Å². The highest BCUT2D eigenvalue weighted by atomic mass is 35.5. The minimum absolute atomic E-state index is 0.664. The van der Waals surface area contributed by atoms with Crippen molar-refractivity contribution in [3.05, 3.63) is 28.8 Å². The van der Waals surface area contributed by atoms with Gasteiger partial charge in [0.2, 0.25) is 0 Å². The summed E-state index contributed by atoms with van der Waals surface area (Å²) in [5.41, 5.74) is 1.30. The molecule has 0 N–H and O–H groups in total. The van der Waals surface area contributed by atoms with E-state index in [2.05, 4.69) is 6.07 Å². The van der Waals surface area contributed by atoms with Gasteiger partial charge in [0, 0.05) is 5.02 Å². The van der Waals surface area contributed by atoms with E-state index in [-0.39, 0.29) is 0 Å². The summed E-state index contributed by atoms with van der Waals surface area (Å²) in [6.07, 6.45) is 6.63. The van der Waals surface area contributed by atoms with Gasteiger partial charge in [-0.2, -0.15) is 0 Å². The van der Waals surface area contributed by atoms with Gasteiger partial charge in [-0.1, -0.05) is 36.9 Å². The molecule has 0 spiro atoms. The van der Waals surface area contributed by atoms with Crippen molar-refractivity contribution >= 4 is 11.6 Å². The highest BCUT2D eigenvalue weighted by Gasteiger charge is 2.17. The highest BCUT2D eigenvalue weighted by Crippen LogP contribution is 2.37. The van der Waals surface area contributed by atoms with Crippen molar-refractivity contribution < 1.29 is 4.74 Å². The van der Waals surface area contributed by atoms with E-state index in [1.807, 2.05) is 12.1 Å². The lowest BCUT2D eigenvalue weighted by molar-refractivity contribution is 0.413. The first-order valence-corrected chi connectivity index (χ1v) is 6.02. The summed E-state index contributed by atoms with van der Waals surface area (Å²) in [6, 6.07) is 6.05. The number of methoxy groups -OCH3 is 1. The topological polar surface area (TPSA) is 9.23 Å². The second-order valence-corrected chi connectivity index (χ2v) is 4.63. The lowest BCUT2D eigenvalue weighted by Gasteiger charge is -2.23. The third-order valence-electron chi connectivity index (χ3n) is 3.25. The Bertz CT molecular complexity index is 329. The minimum atomic E-state index is 0.664. The molecule has 0 bridgehead atoms. The lowest BCUT2D eigenvalue weighted by atomic mass is 9.84. The average molecular weight is 225 g/mol. The normalized spacial score (nSPS) is 17.7. The zero-order chi connectivity index (χ0) is 10.7. The van der Waals surface area contributed by atoms with Gasteiger partial charge in [-0.3, -0.25) is 0 Å². The fraction of sp³-hybridized carbons (Fsp3) is 0.538. The Morgan fingerprint density at radius 2 is 1.93 bits per heavy atom. The van der Waals surface area contributed by atoms with Crippen LogP contribution in [0.1, 0.15) is 43.6 Å². The van der Waals surface area contributed by atoms with Crippen molar-refractivity contribution in [1.82, 2.24) is 0 Å². The number of benzene rings is 1. The summed E-state index contributed by atoms with van der Waals surface area (Å²) < 4.78 is 5.15. The molecule has 1 saturated carbocycles. The van der Waals surface area contributed by atoms with Crippen LogP contribution in [0.3, 0.4) is 0 Å². The maximum absolute atomic E-state index is 6.26. The van der Waals surface area contributed by atoms with Crippen molar-refractivity contribution in [2.75, 3.05) is 7.11 Å². The molecule has 1 fully saturated rings. The van der Waals surface area contributed by atoms with Crippen LogP contribution in [0.2, 0.25) is 5.02 Å². The number of hydrogen-bond donors (Lipinski definition) is 0. The largest absolute Gasteiger partial charge is 0.497 e. The SMILES string of the molecule is COc1ccc(C2CCCCC2)c(Cl)c1. The third kappa shape index (κ3) is 2.46. The molecule has 2 heteroatoms. The van der Waals surface area contributed by atoms with Crippen molar-refractivity contribution in [3.63, 3.8) is 0 Å². The maximum Gasteiger partial charge on any atom is 0.120 e. The molecule has 82 valence electrons. The fourth-order valence-corrected chi connectivity index (χ4v) is 2.70. The molecule has 1 aromatic rings. The molecule has 1 aromatic carbocycles. The van der Waals surface area contributed by atoms with Gasteiger partial charge < -0.3 is 4.74 Å². The molecule has 0 aromatic heterocycles. The molecule has 2 rings (SSSR count). The third-order valence-corrected chi connectivity index (χ3v) is 3.58. The Morgan fingerprint density at radius 1 is 1.20 bits per heavy atom. The quantitative estimate of drug-likeness (QED) is 0.724. The van der Waals surface area contributed by atoms with E-state index in [0.29, 0.717) is 5.92 Å². The number of hydrogen-bond acceptors (Lipinski definition) is 1. The number of halogens is 1. The fourth-order valence-electron chi connectivity index (χ4n) is 2.38. The number of ether oxygens (including phenoxy) is 1. The van der Waals surface area contributed by atoms with E-state index < -0.39 is 0 Å². The molecule has 1 nitrogen and oxygen atoms in total. The first-order valence-electron chi connectivity index (χ1n) is 5.64. The van der Waals surface area contributed by atoms with Crippen molar-refractivity contribution in [2.24, 2.45) is 0 Å². The minimum Gasteiger partial charge on any atom is -0.497 e. The molecule has 0 heterocycles. The van der Waals surface area contributed by atoms with Crippen LogP contribution < -0.4 is 4.74 Å². The molecule has 1 aliphatic rings. The van der Waals surface area contributed by atoms with E-state index in [9.17, 15) is 0 Å². The van der Waals surface area contributed by atoms with Crippen LogP contribution in [0.15, 0.2) is 18.2 Å². The summed E-state index contributed by atoms with van der Waals surface area (Å²) >= 11 is 6.26. The lowest BCUT2D eigenvalue weighted by Crippen LogP contribution is -2.05. The zero-order valence-corrected chi connectivity index (χ0v) is 9.89. The van der Waals surface area contributed by atoms with Crippen LogP contribution in [-0.2, 0) is 0 Å². The zero-order valence-electron chi connectivity index (χ0n) is 9.13. The van der Waals surface area contributed by atoms with Crippen molar-refractivity contribution in [2.45, 2.75) is 38.0 Å². The monoisotopic (exact) mass is 224 g/mol. The number of rotatable bonds is 2. The molecule has 0 atom stereocenters. The maximum atomic E-state index is 6.26. The second kappa shape index (κ2) is 4.89. The van der Waals surface area contributed by atoms with Gasteiger partial charge in [0.1, 0.15) is 5.75 Å². The summed E-state index contributed by atoms with van der Waals surface area (Å²) in [5.74, 6) is 1.51. The summed E-state index contributed by atoms with van der Waals surface area (Å²) in [5, 5.41) is 0.862. The predicted octanol–water partition coefficient (Wildman–Crippen LogP) is 4.40. The van der Waals surface area contributed by atoms with Crippen LogP contribution in [0.4, 0.5) is 0 Å². The average Bonchev–Trinajstić information content (AvgIpc) is 2.30. The van der Waals surface area contributed by atoms with Crippen LogP contribution in [-0.4, -0.2) is 7.11 Å². The molecular formula is C13H17ClO. The highest BCUT2D eigenvalue weighted by molar-refractivity contribution is 6.31. The first-order chi connectivity index (χ1) is 7.31. The standard InChI is InChI=1S/C13H17ClO/c1-15-11-7-8-12(13(14)9-11)10-5-3-2-4-6-10/h7-10H,2-6H2,1H3. The van der Waals surface area contributed by atoms with Crippen LogP contribution in [0.25, 0.3) is 0 Å². The summed E-state index contributed by atoms with van der Waals surface area (Å²) in [4.78, 5) is 0. The Morgan fingerprint density at radius 3 is 2.53 bits per heavy atom. The molecule has 0 radical (unpaired) electrons. The van der Waals surface area contributed by atoms with Gasteiger partial charge in [-0.05, 0) is 36.5 Å². The predicted molar refractivity (Wildman–Crippen MR) is 63.8 cm³/mol. The molecule has 0 saturated heterocycles. The van der Waals surface area contributed by atoms with Crippen LogP contribution in [0.5, 0.6) is 5.75 Å². The molecule has 0 aliphatic heterocycles. The molecule has 1 aliphatic carbocycles. The van der Waals surface area contributed by atoms with Gasteiger partial charge in [-0.15, -0.1) is 0 Å². The molecule has 0 unspecified atom stereocenters. The first kappa shape index (κ1) is 10.8. The van der Waals surface area contributed by atoms with E-state index in [1.54, 1.807) is 7.11 Å².